The molecule has 3 aromatic rings. The number of nitrogens with one attached hydrogen (secondary N) is 2. The molecule has 0 amide bonds. The van der Waals surface area contributed by atoms with Crippen LogP contribution in [0.5, 0.6) is 0 Å². The Kier molecular flexibility index (Phi) is 9.02. The van der Waals surface area contributed by atoms with E-state index in [9.17, 15) is 9.59 Å². The molecule has 0 bridgehead atoms. The number of nitrogens with two attached hydrogens (primary N) is 2. The number of amidine groups is 2. The monoisotopic (exact) mass is 558 g/mol. The summed E-state index contributed by atoms with van der Waals surface area (Å²) in [4.78, 5) is 36.0. The number of alkyl halides is 2. The molecule has 0 fully saturated rings. The van der Waals surface area contributed by atoms with E-state index in [0.29, 0.717) is 84.3 Å². The number of thiophene rings is 1. The molecule has 1 heterocycles. The van der Waals surface area contributed by atoms with Gasteiger partial charge < -0.3 is 22.1 Å². The Hall–Kier alpha value is -3.14. The Labute approximate surface area is 229 Å². The molecule has 8 nitrogen and oxygen atoms in total. The summed E-state index contributed by atoms with van der Waals surface area (Å²) in [5, 5.41) is 9.69. The normalized spacial score (nSPS) is 13.6. The Balaban J connectivity index is 1.71. The molecule has 37 heavy (non-hydrogen) atoms. The van der Waals surface area contributed by atoms with E-state index in [1.165, 1.54) is 11.3 Å². The van der Waals surface area contributed by atoms with Gasteiger partial charge in [-0.3, -0.25) is 19.6 Å². The van der Waals surface area contributed by atoms with Gasteiger partial charge in [0.15, 0.2) is 11.6 Å². The maximum Gasteiger partial charge on any atom is 0.196 e. The van der Waals surface area contributed by atoms with Crippen LogP contribution >= 0.6 is 34.5 Å². The first-order valence-corrected chi connectivity index (χ1v) is 13.9. The van der Waals surface area contributed by atoms with Gasteiger partial charge in [-0.1, -0.05) is 24.3 Å². The predicted molar refractivity (Wildman–Crippen MR) is 156 cm³/mol. The molecule has 0 aliphatic heterocycles. The molecule has 1 aromatic heterocycles. The van der Waals surface area contributed by atoms with E-state index in [1.54, 1.807) is 24.3 Å². The van der Waals surface area contributed by atoms with Crippen molar-refractivity contribution in [3.05, 3.63) is 58.0 Å². The quantitative estimate of drug-likeness (QED) is 0.0665. The van der Waals surface area contributed by atoms with E-state index in [0.717, 1.165) is 10.1 Å². The van der Waals surface area contributed by atoms with Gasteiger partial charge in [-0.05, 0) is 24.3 Å². The van der Waals surface area contributed by atoms with Crippen LogP contribution in [0, 0.1) is 0 Å². The van der Waals surface area contributed by atoms with Crippen LogP contribution in [0.25, 0.3) is 10.1 Å². The fourth-order valence-corrected chi connectivity index (χ4v) is 5.37. The summed E-state index contributed by atoms with van der Waals surface area (Å²) >= 11 is 12.9. The Bertz CT molecular complexity index is 1280. The highest BCUT2D eigenvalue weighted by molar-refractivity contribution is 7.18. The zero-order valence-electron chi connectivity index (χ0n) is 20.2. The van der Waals surface area contributed by atoms with Gasteiger partial charge in [0.2, 0.25) is 0 Å². The highest BCUT2D eigenvalue weighted by Gasteiger charge is 2.36. The molecule has 1 aliphatic carbocycles. The lowest BCUT2D eigenvalue weighted by molar-refractivity contribution is 0.0980. The zero-order chi connectivity index (χ0) is 26.4. The van der Waals surface area contributed by atoms with Crippen molar-refractivity contribution in [1.29, 1.82) is 0 Å². The van der Waals surface area contributed by atoms with Crippen molar-refractivity contribution < 1.29 is 9.59 Å². The van der Waals surface area contributed by atoms with Crippen molar-refractivity contribution in [3.63, 3.8) is 0 Å². The molecular weight excluding hydrogens is 531 g/mol. The van der Waals surface area contributed by atoms with Crippen molar-refractivity contribution in [2.45, 2.75) is 12.8 Å². The Morgan fingerprint density at radius 3 is 1.86 bits per heavy atom. The number of hydrogen-bond acceptors (Lipinski definition) is 7. The molecule has 11 heteroatoms. The molecule has 194 valence electrons. The molecule has 0 spiro atoms. The third-order valence-electron chi connectivity index (χ3n) is 5.96. The zero-order valence-corrected chi connectivity index (χ0v) is 22.5. The molecule has 1 aliphatic rings. The summed E-state index contributed by atoms with van der Waals surface area (Å²) in [5.74, 6) is 0.815. The molecular formula is C26H28Cl2N6O2S. The first-order chi connectivity index (χ1) is 18.0. The van der Waals surface area contributed by atoms with Crippen LogP contribution < -0.4 is 22.1 Å². The predicted octanol–water partition coefficient (Wildman–Crippen LogP) is 4.47. The molecule has 0 radical (unpaired) electrons. The number of benzene rings is 2. The summed E-state index contributed by atoms with van der Waals surface area (Å²) in [6.07, 6.45) is 1.37. The van der Waals surface area contributed by atoms with Gasteiger partial charge in [0.25, 0.3) is 0 Å². The van der Waals surface area contributed by atoms with Crippen LogP contribution in [-0.2, 0) is 0 Å². The second-order valence-corrected chi connectivity index (χ2v) is 9.89. The molecule has 6 N–H and O–H groups in total. The van der Waals surface area contributed by atoms with E-state index < -0.39 is 0 Å². The highest BCUT2D eigenvalue weighted by atomic mass is 35.5. The number of anilines is 2. The number of nitrogens with zero attached hydrogens (tertiary/aromatic N) is 2. The summed E-state index contributed by atoms with van der Waals surface area (Å²) in [6, 6.07) is 8.93. The lowest BCUT2D eigenvalue weighted by Crippen LogP contribution is -2.25. The first kappa shape index (κ1) is 26.9. The Morgan fingerprint density at radius 2 is 1.32 bits per heavy atom. The van der Waals surface area contributed by atoms with Crippen LogP contribution in [0.4, 0.5) is 11.4 Å². The number of ketones is 2. The third-order valence-corrected chi connectivity index (χ3v) is 7.44. The molecule has 4 rings (SSSR count). The van der Waals surface area contributed by atoms with Crippen molar-refractivity contribution in [1.82, 2.24) is 0 Å². The molecule has 0 saturated heterocycles. The number of fused-ring (bicyclic) bond motifs is 3. The second-order valence-electron chi connectivity index (χ2n) is 8.44. The van der Waals surface area contributed by atoms with Crippen LogP contribution in [0.2, 0.25) is 0 Å². The van der Waals surface area contributed by atoms with Crippen LogP contribution in [0.3, 0.4) is 0 Å². The minimum atomic E-state index is -0.173. The van der Waals surface area contributed by atoms with E-state index in [4.69, 9.17) is 34.7 Å². The van der Waals surface area contributed by atoms with E-state index in [2.05, 4.69) is 20.6 Å². The minimum absolute atomic E-state index is 0.171. The van der Waals surface area contributed by atoms with E-state index in [1.807, 2.05) is 11.4 Å². The number of halogens is 2. The Morgan fingerprint density at radius 1 is 0.811 bits per heavy atom. The van der Waals surface area contributed by atoms with Gasteiger partial charge >= 0.3 is 0 Å². The van der Waals surface area contributed by atoms with Crippen LogP contribution in [0.1, 0.15) is 44.7 Å². The fourth-order valence-electron chi connectivity index (χ4n) is 4.27. The summed E-state index contributed by atoms with van der Waals surface area (Å²) in [6.45, 7) is 2.11. The lowest BCUT2D eigenvalue weighted by Gasteiger charge is -2.25. The maximum absolute atomic E-state index is 13.8. The number of aliphatic imine (C=N–C) groups is 2. The first-order valence-electron chi connectivity index (χ1n) is 11.9. The van der Waals surface area contributed by atoms with Crippen molar-refractivity contribution >= 4 is 79.2 Å². The van der Waals surface area contributed by atoms with E-state index >= 15 is 0 Å². The smallest absolute Gasteiger partial charge is 0.196 e. The lowest BCUT2D eigenvalue weighted by atomic mass is 9.81. The van der Waals surface area contributed by atoms with Gasteiger partial charge in [-0.2, -0.15) is 0 Å². The maximum atomic E-state index is 13.8. The average molecular weight is 560 g/mol. The highest BCUT2D eigenvalue weighted by Crippen LogP contribution is 2.45. The summed E-state index contributed by atoms with van der Waals surface area (Å²) in [7, 11) is 0. The van der Waals surface area contributed by atoms with Gasteiger partial charge in [-0.25, -0.2) is 0 Å². The minimum Gasteiger partial charge on any atom is -0.386 e. The van der Waals surface area contributed by atoms with Crippen molar-refractivity contribution in [3.8, 4) is 0 Å². The molecule has 2 aromatic carbocycles. The van der Waals surface area contributed by atoms with Gasteiger partial charge in [-0.15, -0.1) is 34.5 Å². The van der Waals surface area contributed by atoms with Crippen molar-refractivity contribution in [2.24, 2.45) is 21.5 Å². The van der Waals surface area contributed by atoms with Gasteiger partial charge in [0.1, 0.15) is 11.7 Å². The molecule has 0 atom stereocenters. The van der Waals surface area contributed by atoms with Crippen LogP contribution in [0.15, 0.2) is 45.7 Å². The second kappa shape index (κ2) is 12.4. The fraction of sp³-hybridized carbons (Fsp3) is 0.308. The SMILES string of the molecule is NC(CCl)=NCCCNc1c2c(c(NCCCN=C(N)CCl)c3sccc13)C(=O)c1ccccc1C2=O. The number of carbonyl (C=O) groups excluding carboxylic acids is 2. The topological polar surface area (TPSA) is 135 Å². The third kappa shape index (κ3) is 5.74. The average Bonchev–Trinajstić information content (AvgIpc) is 3.41. The van der Waals surface area contributed by atoms with Gasteiger partial charge in [0, 0.05) is 42.7 Å². The number of carbonyl (C=O) groups is 2. The standard InChI is InChI=1S/C26H28Cl2N6O2S/c27-13-18(29)31-8-3-10-33-22-17-7-12-37-26(17)23(34-11-4-9-32-19(30)14-28)21-20(22)24(35)15-5-1-2-6-16(15)25(21)36/h1-2,5-7,12,33-34H,3-4,8-11,13-14H2,(H2,29,31)(H2,30,32). The largest absolute Gasteiger partial charge is 0.386 e. The molecule has 0 unspecified atom stereocenters. The van der Waals surface area contributed by atoms with E-state index in [-0.39, 0.29) is 23.3 Å². The van der Waals surface area contributed by atoms with Crippen LogP contribution in [-0.4, -0.2) is 61.2 Å². The summed E-state index contributed by atoms with van der Waals surface area (Å²) < 4.78 is 0.912. The number of rotatable bonds is 12. The molecule has 0 saturated carbocycles. The van der Waals surface area contributed by atoms with Crippen molar-refractivity contribution in [2.75, 3.05) is 48.6 Å². The number of hydrogen-bond donors (Lipinski definition) is 4. The van der Waals surface area contributed by atoms with Gasteiger partial charge in [0.05, 0.1) is 39.0 Å². The summed E-state index contributed by atoms with van der Waals surface area (Å²) in [5.41, 5.74) is 14.3.